The zero-order valence-corrected chi connectivity index (χ0v) is 10.4. The second-order valence-corrected chi connectivity index (χ2v) is 4.49. The molecule has 0 aromatic carbocycles. The van der Waals surface area contributed by atoms with Crippen LogP contribution in [0.5, 0.6) is 0 Å². The summed E-state index contributed by atoms with van der Waals surface area (Å²) in [7, 11) is 0. The van der Waals surface area contributed by atoms with Crippen molar-refractivity contribution in [2.45, 2.75) is 52.7 Å². The molecular formula is C12H20O4. The highest BCUT2D eigenvalue weighted by atomic mass is 16.6. The number of ether oxygens (including phenoxy) is 2. The summed E-state index contributed by atoms with van der Waals surface area (Å²) in [6.45, 7) is 6.92. The molecule has 0 bridgehead atoms. The smallest absolute Gasteiger partial charge is 0.303 e. The second-order valence-electron chi connectivity index (χ2n) is 4.49. The van der Waals surface area contributed by atoms with Crippen molar-refractivity contribution >= 4 is 11.9 Å². The lowest BCUT2D eigenvalue weighted by molar-refractivity contribution is -0.164. The molecule has 0 aromatic heterocycles. The number of esters is 2. The Kier molecular flexibility index (Phi) is 4.33. The van der Waals surface area contributed by atoms with Gasteiger partial charge in [-0.05, 0) is 18.3 Å². The van der Waals surface area contributed by atoms with Gasteiger partial charge in [0.25, 0.3) is 0 Å². The van der Waals surface area contributed by atoms with Crippen molar-refractivity contribution < 1.29 is 19.1 Å². The molecule has 0 spiro atoms. The van der Waals surface area contributed by atoms with Crippen LogP contribution in [0.3, 0.4) is 0 Å². The molecule has 0 aliphatic heterocycles. The van der Waals surface area contributed by atoms with E-state index in [9.17, 15) is 9.59 Å². The molecule has 1 fully saturated rings. The highest BCUT2D eigenvalue weighted by Gasteiger charge is 2.43. The van der Waals surface area contributed by atoms with E-state index in [1.807, 2.05) is 6.92 Å². The summed E-state index contributed by atoms with van der Waals surface area (Å²) in [6, 6.07) is 0. The molecule has 16 heavy (non-hydrogen) atoms. The average molecular weight is 228 g/mol. The van der Waals surface area contributed by atoms with E-state index < -0.39 is 0 Å². The van der Waals surface area contributed by atoms with Crippen molar-refractivity contribution in [3.63, 3.8) is 0 Å². The molecule has 0 radical (unpaired) electrons. The van der Waals surface area contributed by atoms with Crippen molar-refractivity contribution in [2.24, 2.45) is 11.8 Å². The minimum atomic E-state index is -0.314. The molecule has 4 heteroatoms. The van der Waals surface area contributed by atoms with Gasteiger partial charge < -0.3 is 9.47 Å². The standard InChI is InChI=1S/C12H20O4/c1-5-10-6-11(15-8(3)13)12(7(10)2)16-9(4)14/h7,10-12H,5-6H2,1-4H3. The highest BCUT2D eigenvalue weighted by molar-refractivity contribution is 5.67. The first-order valence-corrected chi connectivity index (χ1v) is 5.80. The molecule has 0 saturated heterocycles. The van der Waals surface area contributed by atoms with Gasteiger partial charge in [-0.2, -0.15) is 0 Å². The Bertz CT molecular complexity index is 274. The van der Waals surface area contributed by atoms with Crippen molar-refractivity contribution in [1.82, 2.24) is 0 Å². The van der Waals surface area contributed by atoms with Crippen LogP contribution in [0.1, 0.15) is 40.5 Å². The third-order valence-corrected chi connectivity index (χ3v) is 3.31. The van der Waals surface area contributed by atoms with Crippen LogP contribution < -0.4 is 0 Å². The minimum absolute atomic E-state index is 0.248. The molecule has 0 heterocycles. The quantitative estimate of drug-likeness (QED) is 0.692. The summed E-state index contributed by atoms with van der Waals surface area (Å²) in [5, 5.41) is 0. The Morgan fingerprint density at radius 1 is 1.19 bits per heavy atom. The predicted molar refractivity (Wildman–Crippen MR) is 58.7 cm³/mol. The lowest BCUT2D eigenvalue weighted by Gasteiger charge is -2.22. The Balaban J connectivity index is 2.72. The topological polar surface area (TPSA) is 52.6 Å². The normalized spacial score (nSPS) is 33.5. The predicted octanol–water partition coefficient (Wildman–Crippen LogP) is 1.92. The molecule has 0 amide bonds. The molecule has 0 N–H and O–H groups in total. The van der Waals surface area contributed by atoms with Gasteiger partial charge in [-0.25, -0.2) is 0 Å². The van der Waals surface area contributed by atoms with Crippen LogP contribution in [-0.4, -0.2) is 24.1 Å². The Labute approximate surface area is 96.3 Å². The fraction of sp³-hybridized carbons (Fsp3) is 0.833. The van der Waals surface area contributed by atoms with Gasteiger partial charge >= 0.3 is 11.9 Å². The van der Waals surface area contributed by atoms with Crippen molar-refractivity contribution in [1.29, 1.82) is 0 Å². The number of rotatable bonds is 3. The Morgan fingerprint density at radius 3 is 2.19 bits per heavy atom. The number of hydrogen-bond acceptors (Lipinski definition) is 4. The molecule has 1 rings (SSSR count). The third-order valence-electron chi connectivity index (χ3n) is 3.31. The summed E-state index contributed by atoms with van der Waals surface area (Å²) in [4.78, 5) is 22.0. The summed E-state index contributed by atoms with van der Waals surface area (Å²) >= 11 is 0. The van der Waals surface area contributed by atoms with Crippen molar-refractivity contribution in [2.75, 3.05) is 0 Å². The molecule has 4 nitrogen and oxygen atoms in total. The maximum atomic E-state index is 11.0. The number of carbonyl (C=O) groups excluding carboxylic acids is 2. The maximum Gasteiger partial charge on any atom is 0.303 e. The van der Waals surface area contributed by atoms with Gasteiger partial charge in [-0.1, -0.05) is 20.3 Å². The molecule has 4 atom stereocenters. The van der Waals surface area contributed by atoms with Crippen LogP contribution in [0.15, 0.2) is 0 Å². The molecular weight excluding hydrogens is 208 g/mol. The van der Waals surface area contributed by atoms with E-state index in [0.717, 1.165) is 12.8 Å². The van der Waals surface area contributed by atoms with Gasteiger partial charge in [-0.3, -0.25) is 9.59 Å². The zero-order valence-electron chi connectivity index (χ0n) is 10.4. The van der Waals surface area contributed by atoms with E-state index in [1.165, 1.54) is 13.8 Å². The first-order valence-electron chi connectivity index (χ1n) is 5.80. The molecule has 1 saturated carbocycles. The molecule has 0 aromatic rings. The van der Waals surface area contributed by atoms with Gasteiger partial charge in [0.15, 0.2) is 0 Å². The molecule has 4 unspecified atom stereocenters. The molecule has 92 valence electrons. The summed E-state index contributed by atoms with van der Waals surface area (Å²) in [6.07, 6.45) is 1.24. The van der Waals surface area contributed by atoms with Gasteiger partial charge in [0.1, 0.15) is 12.2 Å². The summed E-state index contributed by atoms with van der Waals surface area (Å²) in [5.41, 5.74) is 0. The third kappa shape index (κ3) is 2.97. The highest BCUT2D eigenvalue weighted by Crippen LogP contribution is 2.37. The fourth-order valence-electron chi connectivity index (χ4n) is 2.50. The van der Waals surface area contributed by atoms with Crippen molar-refractivity contribution in [3.05, 3.63) is 0 Å². The lowest BCUT2D eigenvalue weighted by atomic mass is 9.95. The van der Waals surface area contributed by atoms with E-state index in [2.05, 4.69) is 6.92 Å². The summed E-state index contributed by atoms with van der Waals surface area (Å²) < 4.78 is 10.5. The van der Waals surface area contributed by atoms with E-state index in [1.54, 1.807) is 0 Å². The Hall–Kier alpha value is -1.06. The van der Waals surface area contributed by atoms with Crippen molar-refractivity contribution in [3.8, 4) is 0 Å². The largest absolute Gasteiger partial charge is 0.459 e. The number of hydrogen-bond donors (Lipinski definition) is 0. The Morgan fingerprint density at radius 2 is 1.75 bits per heavy atom. The average Bonchev–Trinajstić information content (AvgIpc) is 2.44. The first-order chi connectivity index (χ1) is 7.45. The SMILES string of the molecule is CCC1CC(OC(C)=O)C(OC(C)=O)C1C. The fourth-order valence-corrected chi connectivity index (χ4v) is 2.50. The van der Waals surface area contributed by atoms with Crippen LogP contribution in [0.2, 0.25) is 0 Å². The lowest BCUT2D eigenvalue weighted by Crippen LogP contribution is -2.33. The van der Waals surface area contributed by atoms with Gasteiger partial charge in [-0.15, -0.1) is 0 Å². The van der Waals surface area contributed by atoms with Crippen LogP contribution in [0.4, 0.5) is 0 Å². The maximum absolute atomic E-state index is 11.0. The van der Waals surface area contributed by atoms with E-state index >= 15 is 0 Å². The van der Waals surface area contributed by atoms with Crippen LogP contribution in [0.25, 0.3) is 0 Å². The monoisotopic (exact) mass is 228 g/mol. The van der Waals surface area contributed by atoms with Gasteiger partial charge in [0, 0.05) is 13.8 Å². The van der Waals surface area contributed by atoms with E-state index in [4.69, 9.17) is 9.47 Å². The van der Waals surface area contributed by atoms with Gasteiger partial charge in [0.05, 0.1) is 0 Å². The van der Waals surface area contributed by atoms with Gasteiger partial charge in [0.2, 0.25) is 0 Å². The van der Waals surface area contributed by atoms with Crippen LogP contribution in [-0.2, 0) is 19.1 Å². The summed E-state index contributed by atoms with van der Waals surface area (Å²) in [5.74, 6) is 0.0730. The first kappa shape index (κ1) is 13.0. The van der Waals surface area contributed by atoms with Crippen LogP contribution >= 0.6 is 0 Å². The number of carbonyl (C=O) groups is 2. The van der Waals surface area contributed by atoms with E-state index in [-0.39, 0.29) is 30.1 Å². The minimum Gasteiger partial charge on any atom is -0.459 e. The van der Waals surface area contributed by atoms with Crippen LogP contribution in [0, 0.1) is 11.8 Å². The molecule has 1 aliphatic rings. The molecule has 1 aliphatic carbocycles. The van der Waals surface area contributed by atoms with E-state index in [0.29, 0.717) is 5.92 Å². The second kappa shape index (κ2) is 5.32. The zero-order chi connectivity index (χ0) is 12.3.